The summed E-state index contributed by atoms with van der Waals surface area (Å²) in [6.45, 7) is 9.21. The van der Waals surface area contributed by atoms with Gasteiger partial charge in [-0.15, -0.1) is 0 Å². The van der Waals surface area contributed by atoms with Crippen LogP contribution >= 0.6 is 0 Å². The fraction of sp³-hybridized carbons (Fsp3) is 0.385. The minimum absolute atomic E-state index is 0.125. The molecule has 0 aliphatic heterocycles. The number of fused-ring (bicyclic) bond motifs is 3. The van der Waals surface area contributed by atoms with Crippen molar-refractivity contribution in [2.75, 3.05) is 6.54 Å². The van der Waals surface area contributed by atoms with Gasteiger partial charge in [-0.05, 0) is 53.5 Å². The molecule has 1 aliphatic rings. The number of ketones is 1. The summed E-state index contributed by atoms with van der Waals surface area (Å²) in [5.74, 6) is 0.339. The van der Waals surface area contributed by atoms with Gasteiger partial charge in [-0.1, -0.05) is 63.2 Å². The number of unbranched alkanes of at least 4 members (excludes halogenated alkanes) is 1. The van der Waals surface area contributed by atoms with Crippen molar-refractivity contribution in [3.05, 3.63) is 65.2 Å². The highest BCUT2D eigenvalue weighted by atomic mass is 16.1. The van der Waals surface area contributed by atoms with Crippen molar-refractivity contribution in [2.24, 2.45) is 0 Å². The Morgan fingerprint density at radius 3 is 2.52 bits per heavy atom. The number of amides is 1. The highest BCUT2D eigenvalue weighted by Gasteiger charge is 2.26. The summed E-state index contributed by atoms with van der Waals surface area (Å²) in [4.78, 5) is 24.6. The second-order valence-corrected chi connectivity index (χ2v) is 7.82. The van der Waals surface area contributed by atoms with Crippen LogP contribution in [-0.4, -0.2) is 18.2 Å². The van der Waals surface area contributed by atoms with Gasteiger partial charge in [0.2, 0.25) is 5.91 Å². The van der Waals surface area contributed by atoms with Crippen molar-refractivity contribution in [1.82, 2.24) is 5.32 Å². The van der Waals surface area contributed by atoms with Crippen LogP contribution < -0.4 is 5.32 Å². The van der Waals surface area contributed by atoms with Crippen LogP contribution in [0.5, 0.6) is 0 Å². The highest BCUT2D eigenvalue weighted by molar-refractivity contribution is 6.10. The van der Waals surface area contributed by atoms with Gasteiger partial charge < -0.3 is 5.32 Å². The fourth-order valence-corrected chi connectivity index (χ4v) is 3.96. The number of carbonyl (C=O) groups is 2. The van der Waals surface area contributed by atoms with E-state index in [4.69, 9.17) is 0 Å². The van der Waals surface area contributed by atoms with Crippen LogP contribution in [-0.2, 0) is 11.2 Å². The Bertz CT molecular complexity index is 926. The van der Waals surface area contributed by atoms with Crippen LogP contribution in [0.4, 0.5) is 0 Å². The van der Waals surface area contributed by atoms with Gasteiger partial charge in [-0.25, -0.2) is 0 Å². The number of Topliss-reactive ketones (excluding diaryl/α,β-unsaturated/α-hetero) is 1. The van der Waals surface area contributed by atoms with E-state index in [1.54, 1.807) is 0 Å². The van der Waals surface area contributed by atoms with E-state index in [2.05, 4.69) is 50.0 Å². The van der Waals surface area contributed by atoms with E-state index in [1.165, 1.54) is 5.56 Å². The fourth-order valence-electron chi connectivity index (χ4n) is 3.96. The molecule has 0 bridgehead atoms. The monoisotopic (exact) mass is 389 g/mol. The normalized spacial score (nSPS) is 11.9. The third kappa shape index (κ3) is 4.67. The summed E-state index contributed by atoms with van der Waals surface area (Å²) in [5.41, 5.74) is 7.34. The summed E-state index contributed by atoms with van der Waals surface area (Å²) in [7, 11) is 0. The van der Waals surface area contributed by atoms with Gasteiger partial charge in [0, 0.05) is 30.5 Å². The minimum atomic E-state index is 0.125. The molecular weight excluding hydrogens is 358 g/mol. The summed E-state index contributed by atoms with van der Waals surface area (Å²) < 4.78 is 0. The first kappa shape index (κ1) is 21.0. The molecule has 2 aromatic rings. The average Bonchev–Trinajstić information content (AvgIpc) is 3.02. The lowest BCUT2D eigenvalue weighted by atomic mass is 9.94. The lowest BCUT2D eigenvalue weighted by Crippen LogP contribution is -2.23. The van der Waals surface area contributed by atoms with Gasteiger partial charge in [-0.3, -0.25) is 9.59 Å². The van der Waals surface area contributed by atoms with E-state index >= 15 is 0 Å². The molecule has 29 heavy (non-hydrogen) atoms. The maximum atomic E-state index is 12.8. The molecule has 0 spiro atoms. The van der Waals surface area contributed by atoms with E-state index < -0.39 is 0 Å². The van der Waals surface area contributed by atoms with Crippen LogP contribution in [0.15, 0.2) is 43.0 Å². The van der Waals surface area contributed by atoms with E-state index in [9.17, 15) is 9.59 Å². The number of carbonyl (C=O) groups excluding carboxylic acids is 2. The third-order valence-corrected chi connectivity index (χ3v) is 5.57. The van der Waals surface area contributed by atoms with Gasteiger partial charge in [0.1, 0.15) is 0 Å². The largest absolute Gasteiger partial charge is 0.356 e. The van der Waals surface area contributed by atoms with Gasteiger partial charge in [-0.2, -0.15) is 0 Å². The van der Waals surface area contributed by atoms with Crippen molar-refractivity contribution in [1.29, 1.82) is 0 Å². The Kier molecular flexibility index (Phi) is 7.03. The van der Waals surface area contributed by atoms with E-state index in [1.807, 2.05) is 12.1 Å². The molecule has 0 saturated heterocycles. The Morgan fingerprint density at radius 2 is 1.76 bits per heavy atom. The second-order valence-electron chi connectivity index (χ2n) is 7.82. The van der Waals surface area contributed by atoms with Crippen molar-refractivity contribution in [3.8, 4) is 11.1 Å². The van der Waals surface area contributed by atoms with Gasteiger partial charge in [0.15, 0.2) is 5.78 Å². The zero-order valence-electron chi connectivity index (χ0n) is 17.6. The molecule has 0 aromatic heterocycles. The molecule has 3 rings (SSSR count). The Balaban J connectivity index is 1.78. The van der Waals surface area contributed by atoms with Crippen molar-refractivity contribution >= 4 is 17.3 Å². The molecule has 1 N–H and O–H groups in total. The molecule has 0 saturated carbocycles. The number of benzene rings is 2. The Hall–Kier alpha value is -2.68. The number of hydrogen-bond donors (Lipinski definition) is 1. The smallest absolute Gasteiger partial charge is 0.220 e. The molecule has 2 aromatic carbocycles. The Morgan fingerprint density at radius 1 is 0.931 bits per heavy atom. The zero-order chi connectivity index (χ0) is 20.8. The van der Waals surface area contributed by atoms with E-state index in [0.717, 1.165) is 72.0 Å². The standard InChI is InChI=1S/C26H31NO2/c1-4-6-12-24(28)22-11-8-10-20-18(3)23-17-19(14-15-21(23)26(20)22)9-7-13-25(29)27-16-5-2/h8,10-11,14-15,17H,3-7,9,12-13,16H2,1-2H3,(H,27,29). The first-order chi connectivity index (χ1) is 14.1. The first-order valence-corrected chi connectivity index (χ1v) is 10.8. The second kappa shape index (κ2) is 9.69. The molecule has 0 radical (unpaired) electrons. The van der Waals surface area contributed by atoms with Crippen molar-refractivity contribution in [3.63, 3.8) is 0 Å². The number of rotatable bonds is 10. The first-order valence-electron chi connectivity index (χ1n) is 10.8. The quantitative estimate of drug-likeness (QED) is 0.436. The lowest BCUT2D eigenvalue weighted by Gasteiger charge is -2.09. The maximum Gasteiger partial charge on any atom is 0.220 e. The SMILES string of the molecule is C=C1c2cc(CCCC(=O)NCCC)ccc2-c2c1cccc2C(=O)CCCC. The molecule has 3 nitrogen and oxygen atoms in total. The minimum Gasteiger partial charge on any atom is -0.356 e. The van der Waals surface area contributed by atoms with Crippen LogP contribution in [0.3, 0.4) is 0 Å². The summed E-state index contributed by atoms with van der Waals surface area (Å²) >= 11 is 0. The molecule has 0 atom stereocenters. The van der Waals surface area contributed by atoms with Crippen molar-refractivity contribution in [2.45, 2.75) is 58.8 Å². The molecule has 1 aliphatic carbocycles. The molecule has 0 fully saturated rings. The lowest BCUT2D eigenvalue weighted by molar-refractivity contribution is -0.121. The number of nitrogens with one attached hydrogen (secondary N) is 1. The summed E-state index contributed by atoms with van der Waals surface area (Å²) in [6, 6.07) is 12.4. The predicted molar refractivity (Wildman–Crippen MR) is 120 cm³/mol. The zero-order valence-corrected chi connectivity index (χ0v) is 17.6. The van der Waals surface area contributed by atoms with Gasteiger partial charge in [0.05, 0.1) is 0 Å². The van der Waals surface area contributed by atoms with E-state index in [0.29, 0.717) is 12.8 Å². The van der Waals surface area contributed by atoms with Gasteiger partial charge >= 0.3 is 0 Å². The molecular formula is C26H31NO2. The van der Waals surface area contributed by atoms with Gasteiger partial charge in [0.25, 0.3) is 0 Å². The molecule has 3 heteroatoms. The molecule has 152 valence electrons. The topological polar surface area (TPSA) is 46.2 Å². The van der Waals surface area contributed by atoms with Crippen molar-refractivity contribution < 1.29 is 9.59 Å². The molecule has 0 heterocycles. The molecule has 0 unspecified atom stereocenters. The van der Waals surface area contributed by atoms with Crippen LogP contribution in [0, 0.1) is 0 Å². The number of aryl methyl sites for hydroxylation is 1. The van der Waals surface area contributed by atoms with Crippen LogP contribution in [0.1, 0.15) is 79.4 Å². The number of hydrogen-bond acceptors (Lipinski definition) is 2. The molecule has 1 amide bonds. The van der Waals surface area contributed by atoms with E-state index in [-0.39, 0.29) is 11.7 Å². The summed E-state index contributed by atoms with van der Waals surface area (Å²) in [6.07, 6.45) is 5.72. The predicted octanol–water partition coefficient (Wildman–Crippen LogP) is 5.95. The average molecular weight is 390 g/mol. The van der Waals surface area contributed by atoms with Crippen LogP contribution in [0.2, 0.25) is 0 Å². The third-order valence-electron chi connectivity index (χ3n) is 5.57. The maximum absolute atomic E-state index is 12.8. The highest BCUT2D eigenvalue weighted by Crippen LogP contribution is 2.45. The summed E-state index contributed by atoms with van der Waals surface area (Å²) in [5, 5.41) is 2.93. The Labute approximate surface area is 174 Å². The van der Waals surface area contributed by atoms with Crippen LogP contribution in [0.25, 0.3) is 16.7 Å².